The van der Waals surface area contributed by atoms with Gasteiger partial charge in [-0.1, -0.05) is 30.3 Å². The first-order valence-electron chi connectivity index (χ1n) is 6.27. The molecule has 1 aliphatic rings. The highest BCUT2D eigenvalue weighted by atomic mass is 16.1. The van der Waals surface area contributed by atoms with Crippen LogP contribution in [0.1, 0.15) is 25.3 Å². The van der Waals surface area contributed by atoms with E-state index in [0.717, 1.165) is 32.5 Å². The standard InChI is InChI=1S/C14H20N2O/c1-12(17)15-14-8-5-9-16(11-14)10-13-6-3-2-4-7-13/h2-4,6-7,14H,5,8-11H2,1H3,(H,15,17)/t14-/m1/s1. The van der Waals surface area contributed by atoms with Gasteiger partial charge in [0.15, 0.2) is 0 Å². The molecule has 1 aromatic rings. The maximum absolute atomic E-state index is 11.0. The van der Waals surface area contributed by atoms with Crippen LogP contribution in [0.2, 0.25) is 0 Å². The number of rotatable bonds is 3. The second-order valence-electron chi connectivity index (χ2n) is 4.76. The van der Waals surface area contributed by atoms with Gasteiger partial charge in [0.1, 0.15) is 0 Å². The Bertz CT molecular complexity index is 364. The van der Waals surface area contributed by atoms with Crippen molar-refractivity contribution in [1.82, 2.24) is 10.2 Å². The number of piperidine rings is 1. The molecule has 0 spiro atoms. The van der Waals surface area contributed by atoms with E-state index in [1.807, 2.05) is 6.07 Å². The van der Waals surface area contributed by atoms with E-state index in [1.165, 1.54) is 5.56 Å². The van der Waals surface area contributed by atoms with Crippen molar-refractivity contribution in [3.05, 3.63) is 35.9 Å². The third-order valence-corrected chi connectivity index (χ3v) is 3.16. The summed E-state index contributed by atoms with van der Waals surface area (Å²) >= 11 is 0. The van der Waals surface area contributed by atoms with E-state index >= 15 is 0 Å². The van der Waals surface area contributed by atoms with E-state index in [2.05, 4.69) is 34.5 Å². The molecule has 2 rings (SSSR count). The minimum Gasteiger partial charge on any atom is -0.352 e. The first-order chi connectivity index (χ1) is 8.24. The monoisotopic (exact) mass is 232 g/mol. The van der Waals surface area contributed by atoms with Crippen LogP contribution in [0.5, 0.6) is 0 Å². The van der Waals surface area contributed by atoms with Crippen LogP contribution >= 0.6 is 0 Å². The van der Waals surface area contributed by atoms with Crippen molar-refractivity contribution >= 4 is 5.91 Å². The van der Waals surface area contributed by atoms with Crippen LogP contribution < -0.4 is 5.32 Å². The fourth-order valence-corrected chi connectivity index (χ4v) is 2.45. The van der Waals surface area contributed by atoms with E-state index < -0.39 is 0 Å². The van der Waals surface area contributed by atoms with Gasteiger partial charge >= 0.3 is 0 Å². The quantitative estimate of drug-likeness (QED) is 0.861. The van der Waals surface area contributed by atoms with Gasteiger partial charge in [-0.2, -0.15) is 0 Å². The Balaban J connectivity index is 1.87. The van der Waals surface area contributed by atoms with Gasteiger partial charge in [-0.3, -0.25) is 9.69 Å². The van der Waals surface area contributed by atoms with E-state index in [4.69, 9.17) is 0 Å². The Morgan fingerprint density at radius 1 is 1.41 bits per heavy atom. The Morgan fingerprint density at radius 2 is 2.18 bits per heavy atom. The largest absolute Gasteiger partial charge is 0.352 e. The molecular weight excluding hydrogens is 212 g/mol. The third kappa shape index (κ3) is 3.86. The van der Waals surface area contributed by atoms with Crippen LogP contribution in [0.25, 0.3) is 0 Å². The number of carbonyl (C=O) groups is 1. The minimum absolute atomic E-state index is 0.0801. The van der Waals surface area contributed by atoms with Crippen LogP contribution in [-0.2, 0) is 11.3 Å². The zero-order valence-electron chi connectivity index (χ0n) is 10.4. The minimum atomic E-state index is 0.0801. The number of amides is 1. The summed E-state index contributed by atoms with van der Waals surface area (Å²) in [4.78, 5) is 13.5. The summed E-state index contributed by atoms with van der Waals surface area (Å²) in [6, 6.07) is 10.8. The predicted molar refractivity (Wildman–Crippen MR) is 68.6 cm³/mol. The average Bonchev–Trinajstić information content (AvgIpc) is 2.30. The van der Waals surface area contributed by atoms with Gasteiger partial charge in [-0.25, -0.2) is 0 Å². The van der Waals surface area contributed by atoms with Gasteiger partial charge in [0.05, 0.1) is 0 Å². The van der Waals surface area contributed by atoms with E-state index in [0.29, 0.717) is 6.04 Å². The fraction of sp³-hybridized carbons (Fsp3) is 0.500. The summed E-state index contributed by atoms with van der Waals surface area (Å²) < 4.78 is 0. The number of nitrogens with one attached hydrogen (secondary N) is 1. The molecule has 0 bridgehead atoms. The first kappa shape index (κ1) is 12.1. The van der Waals surface area contributed by atoms with Crippen molar-refractivity contribution in [1.29, 1.82) is 0 Å². The van der Waals surface area contributed by atoms with Crippen LogP contribution in [0.15, 0.2) is 30.3 Å². The Labute approximate surface area is 103 Å². The average molecular weight is 232 g/mol. The molecule has 1 fully saturated rings. The number of benzene rings is 1. The molecule has 0 unspecified atom stereocenters. The van der Waals surface area contributed by atoms with E-state index in [-0.39, 0.29) is 5.91 Å². The van der Waals surface area contributed by atoms with Crippen LogP contribution in [0, 0.1) is 0 Å². The molecule has 1 N–H and O–H groups in total. The Kier molecular flexibility index (Phi) is 4.15. The highest BCUT2D eigenvalue weighted by Gasteiger charge is 2.20. The van der Waals surface area contributed by atoms with E-state index in [1.54, 1.807) is 6.92 Å². The van der Waals surface area contributed by atoms with Gasteiger partial charge < -0.3 is 5.32 Å². The Morgan fingerprint density at radius 3 is 2.88 bits per heavy atom. The first-order valence-corrected chi connectivity index (χ1v) is 6.27. The van der Waals surface area contributed by atoms with E-state index in [9.17, 15) is 4.79 Å². The summed E-state index contributed by atoms with van der Waals surface area (Å²) in [6.07, 6.45) is 2.27. The summed E-state index contributed by atoms with van der Waals surface area (Å²) in [6.45, 7) is 4.67. The predicted octanol–water partition coefficient (Wildman–Crippen LogP) is 1.79. The molecule has 1 atom stereocenters. The van der Waals surface area contributed by atoms with Crippen molar-refractivity contribution < 1.29 is 4.79 Å². The van der Waals surface area contributed by atoms with Gasteiger partial charge in [0, 0.05) is 26.1 Å². The zero-order valence-corrected chi connectivity index (χ0v) is 10.4. The number of nitrogens with zero attached hydrogens (tertiary/aromatic N) is 1. The third-order valence-electron chi connectivity index (χ3n) is 3.16. The number of likely N-dealkylation sites (tertiary alicyclic amines) is 1. The highest BCUT2D eigenvalue weighted by molar-refractivity contribution is 5.73. The molecule has 1 saturated heterocycles. The molecule has 17 heavy (non-hydrogen) atoms. The second-order valence-corrected chi connectivity index (χ2v) is 4.76. The van der Waals surface area contributed by atoms with Gasteiger partial charge in [-0.15, -0.1) is 0 Å². The molecule has 1 amide bonds. The second kappa shape index (κ2) is 5.82. The molecule has 92 valence electrons. The molecule has 1 aliphatic heterocycles. The van der Waals surface area contributed by atoms with Crippen molar-refractivity contribution in [2.45, 2.75) is 32.4 Å². The van der Waals surface area contributed by atoms with Crippen molar-refractivity contribution in [3.8, 4) is 0 Å². The van der Waals surface area contributed by atoms with Gasteiger partial charge in [0.25, 0.3) is 0 Å². The van der Waals surface area contributed by atoms with Gasteiger partial charge in [0.2, 0.25) is 5.91 Å². The molecule has 0 aliphatic carbocycles. The van der Waals surface area contributed by atoms with Crippen LogP contribution in [0.4, 0.5) is 0 Å². The topological polar surface area (TPSA) is 32.3 Å². The summed E-state index contributed by atoms with van der Waals surface area (Å²) in [5, 5.41) is 3.02. The van der Waals surface area contributed by atoms with Crippen LogP contribution in [0.3, 0.4) is 0 Å². The lowest BCUT2D eigenvalue weighted by atomic mass is 10.0. The molecule has 0 aromatic heterocycles. The summed E-state index contributed by atoms with van der Waals surface area (Å²) in [5.41, 5.74) is 1.34. The van der Waals surface area contributed by atoms with Crippen LogP contribution in [-0.4, -0.2) is 29.9 Å². The maximum Gasteiger partial charge on any atom is 0.217 e. The smallest absolute Gasteiger partial charge is 0.217 e. The fourth-order valence-electron chi connectivity index (χ4n) is 2.45. The van der Waals surface area contributed by atoms with Crippen molar-refractivity contribution in [2.75, 3.05) is 13.1 Å². The molecule has 1 aromatic carbocycles. The summed E-state index contributed by atoms with van der Waals surface area (Å²) in [5.74, 6) is 0.0801. The molecule has 3 nitrogen and oxygen atoms in total. The lowest BCUT2D eigenvalue weighted by Crippen LogP contribution is -2.46. The maximum atomic E-state index is 11.0. The molecule has 0 saturated carbocycles. The SMILES string of the molecule is CC(=O)N[C@@H]1CCCN(Cc2ccccc2)C1. The normalized spacial score (nSPS) is 21.1. The van der Waals surface area contributed by atoms with Crippen molar-refractivity contribution in [2.24, 2.45) is 0 Å². The zero-order chi connectivity index (χ0) is 12.1. The molecule has 0 radical (unpaired) electrons. The highest BCUT2D eigenvalue weighted by Crippen LogP contribution is 2.13. The number of hydrogen-bond acceptors (Lipinski definition) is 2. The number of hydrogen-bond donors (Lipinski definition) is 1. The van der Waals surface area contributed by atoms with Gasteiger partial charge in [-0.05, 0) is 24.9 Å². The number of carbonyl (C=O) groups excluding carboxylic acids is 1. The van der Waals surface area contributed by atoms with Crippen molar-refractivity contribution in [3.63, 3.8) is 0 Å². The molecular formula is C14H20N2O. The molecule has 3 heteroatoms. The lowest BCUT2D eigenvalue weighted by Gasteiger charge is -2.32. The summed E-state index contributed by atoms with van der Waals surface area (Å²) in [7, 11) is 0. The lowest BCUT2D eigenvalue weighted by molar-refractivity contribution is -0.120. The Hall–Kier alpha value is -1.35. The molecule has 1 heterocycles.